The number of aromatic amines is 1. The molecule has 0 fully saturated rings. The van der Waals surface area contributed by atoms with Crippen molar-refractivity contribution in [3.63, 3.8) is 0 Å². The molecule has 2 N–H and O–H groups in total. The molecule has 0 spiro atoms. The molecule has 2 aromatic carbocycles. The van der Waals surface area contributed by atoms with Crippen molar-refractivity contribution in [3.8, 4) is 17.1 Å². The Balaban J connectivity index is 2.19. The Morgan fingerprint density at radius 1 is 1.14 bits per heavy atom. The summed E-state index contributed by atoms with van der Waals surface area (Å²) in [5.41, 5.74) is 0.270. The van der Waals surface area contributed by atoms with Gasteiger partial charge in [-0.25, -0.2) is 0 Å². The fourth-order valence-corrected chi connectivity index (χ4v) is 2.04. The second kappa shape index (κ2) is 4.71. The molecule has 104 valence electrons. The van der Waals surface area contributed by atoms with Gasteiger partial charge in [-0.3, -0.25) is 14.9 Å². The maximum absolute atomic E-state index is 11.9. The Kier molecular flexibility index (Phi) is 2.87. The minimum absolute atomic E-state index is 0.0512. The van der Waals surface area contributed by atoms with Gasteiger partial charge < -0.3 is 10.1 Å². The van der Waals surface area contributed by atoms with Crippen LogP contribution in [-0.4, -0.2) is 20.0 Å². The lowest BCUT2D eigenvalue weighted by molar-refractivity contribution is -0.384. The number of rotatable bonds is 2. The highest BCUT2D eigenvalue weighted by molar-refractivity contribution is 5.84. The normalized spacial score (nSPS) is 10.7. The quantitative estimate of drug-likeness (QED) is 0.553. The highest BCUT2D eigenvalue weighted by Gasteiger charge is 2.10. The number of aromatic nitrogens is 2. The van der Waals surface area contributed by atoms with Gasteiger partial charge in [-0.15, -0.1) is 0 Å². The van der Waals surface area contributed by atoms with Gasteiger partial charge in [0.05, 0.1) is 15.8 Å². The third kappa shape index (κ3) is 2.20. The smallest absolute Gasteiger partial charge is 0.281 e. The van der Waals surface area contributed by atoms with Crippen LogP contribution in [0.4, 0.5) is 5.69 Å². The molecule has 0 aliphatic rings. The molecular weight excluding hydrogens is 274 g/mol. The molecule has 0 radical (unpaired) electrons. The van der Waals surface area contributed by atoms with Crippen molar-refractivity contribution in [2.75, 3.05) is 0 Å². The first kappa shape index (κ1) is 12.8. The van der Waals surface area contributed by atoms with Gasteiger partial charge in [-0.2, -0.15) is 4.98 Å². The van der Waals surface area contributed by atoms with E-state index in [0.717, 1.165) is 0 Å². The first-order chi connectivity index (χ1) is 10.1. The average molecular weight is 283 g/mol. The zero-order valence-electron chi connectivity index (χ0n) is 10.6. The third-order valence-corrected chi connectivity index (χ3v) is 3.08. The van der Waals surface area contributed by atoms with Crippen molar-refractivity contribution < 1.29 is 10.0 Å². The largest absolute Gasteiger partial charge is 0.506 e. The van der Waals surface area contributed by atoms with Crippen LogP contribution in [0.3, 0.4) is 0 Å². The number of fused-ring (bicyclic) bond motifs is 1. The third-order valence-electron chi connectivity index (χ3n) is 3.08. The molecule has 0 bridgehead atoms. The molecular formula is C14H9N3O4. The summed E-state index contributed by atoms with van der Waals surface area (Å²) in [6, 6.07) is 10.2. The molecule has 0 aliphatic carbocycles. The van der Waals surface area contributed by atoms with E-state index in [4.69, 9.17) is 0 Å². The molecule has 0 amide bonds. The summed E-state index contributed by atoms with van der Waals surface area (Å²) >= 11 is 0. The Bertz CT molecular complexity index is 900. The van der Waals surface area contributed by atoms with Crippen molar-refractivity contribution in [2.45, 2.75) is 0 Å². The van der Waals surface area contributed by atoms with Crippen LogP contribution in [0.2, 0.25) is 0 Å². The maximum atomic E-state index is 11.9. The zero-order chi connectivity index (χ0) is 15.0. The van der Waals surface area contributed by atoms with Crippen molar-refractivity contribution in [3.05, 3.63) is 62.9 Å². The lowest BCUT2D eigenvalue weighted by atomic mass is 10.1. The number of nitrogens with zero attached hydrogens (tertiary/aromatic N) is 2. The van der Waals surface area contributed by atoms with E-state index >= 15 is 0 Å². The van der Waals surface area contributed by atoms with Crippen LogP contribution in [0.5, 0.6) is 5.75 Å². The second-order valence-electron chi connectivity index (χ2n) is 4.39. The van der Waals surface area contributed by atoms with Gasteiger partial charge in [0, 0.05) is 17.7 Å². The predicted molar refractivity (Wildman–Crippen MR) is 76.1 cm³/mol. The van der Waals surface area contributed by atoms with Crippen LogP contribution in [0, 0.1) is 10.1 Å². The summed E-state index contributed by atoms with van der Waals surface area (Å²) in [4.78, 5) is 28.8. The van der Waals surface area contributed by atoms with Gasteiger partial charge in [-0.05, 0) is 24.3 Å². The number of benzene rings is 2. The molecule has 0 unspecified atom stereocenters. The number of nitro benzene ring substituents is 1. The summed E-state index contributed by atoms with van der Waals surface area (Å²) in [6.07, 6.45) is 0. The Labute approximate surface area is 117 Å². The van der Waals surface area contributed by atoms with Crippen LogP contribution in [0.1, 0.15) is 0 Å². The molecule has 0 saturated heterocycles. The van der Waals surface area contributed by atoms with Gasteiger partial charge in [0.1, 0.15) is 11.6 Å². The van der Waals surface area contributed by atoms with E-state index in [0.29, 0.717) is 5.56 Å². The summed E-state index contributed by atoms with van der Waals surface area (Å²) in [7, 11) is 0. The van der Waals surface area contributed by atoms with Crippen molar-refractivity contribution in [1.82, 2.24) is 9.97 Å². The first-order valence-corrected chi connectivity index (χ1v) is 6.03. The number of aromatic hydroxyl groups is 1. The fourth-order valence-electron chi connectivity index (χ4n) is 2.04. The second-order valence-corrected chi connectivity index (χ2v) is 4.39. The SMILES string of the molecule is O=c1nc(-c2ccc([N+](=O)[O-])cc2)[nH]c2c(O)cccc12. The van der Waals surface area contributed by atoms with Crippen molar-refractivity contribution in [2.24, 2.45) is 0 Å². The fraction of sp³-hybridized carbons (Fsp3) is 0. The summed E-state index contributed by atoms with van der Waals surface area (Å²) in [5.74, 6) is 0.180. The number of nitro groups is 1. The van der Waals surface area contributed by atoms with Crippen LogP contribution in [-0.2, 0) is 0 Å². The molecule has 0 atom stereocenters. The number of phenolic OH excluding ortho intramolecular Hbond substituents is 1. The van der Waals surface area contributed by atoms with Crippen molar-refractivity contribution >= 4 is 16.6 Å². The lowest BCUT2D eigenvalue weighted by Gasteiger charge is -2.04. The molecule has 21 heavy (non-hydrogen) atoms. The van der Waals surface area contributed by atoms with E-state index in [-0.39, 0.29) is 28.2 Å². The van der Waals surface area contributed by atoms with E-state index in [9.17, 15) is 20.0 Å². The maximum Gasteiger partial charge on any atom is 0.281 e. The molecule has 1 heterocycles. The van der Waals surface area contributed by atoms with Gasteiger partial charge in [0.25, 0.3) is 11.2 Å². The minimum Gasteiger partial charge on any atom is -0.506 e. The van der Waals surface area contributed by atoms with E-state index < -0.39 is 10.5 Å². The molecule has 7 heteroatoms. The van der Waals surface area contributed by atoms with Crippen molar-refractivity contribution in [1.29, 1.82) is 0 Å². The molecule has 1 aromatic heterocycles. The predicted octanol–water partition coefficient (Wildman–Crippen LogP) is 2.20. The number of para-hydroxylation sites is 1. The highest BCUT2D eigenvalue weighted by atomic mass is 16.6. The van der Waals surface area contributed by atoms with E-state index in [2.05, 4.69) is 9.97 Å². The Hall–Kier alpha value is -3.22. The topological polar surface area (TPSA) is 109 Å². The molecule has 3 rings (SSSR count). The summed E-state index contributed by atoms with van der Waals surface area (Å²) in [6.45, 7) is 0. The molecule has 7 nitrogen and oxygen atoms in total. The zero-order valence-corrected chi connectivity index (χ0v) is 10.6. The standard InChI is InChI=1S/C14H9N3O4/c18-11-3-1-2-10-12(11)15-13(16-14(10)19)8-4-6-9(7-5-8)17(20)21/h1-7,18H,(H,15,16,19). The highest BCUT2D eigenvalue weighted by Crippen LogP contribution is 2.23. The summed E-state index contributed by atoms with van der Waals surface area (Å²) < 4.78 is 0. The van der Waals surface area contributed by atoms with Gasteiger partial charge in [-0.1, -0.05) is 6.07 Å². The van der Waals surface area contributed by atoms with E-state index in [1.54, 1.807) is 12.1 Å². The number of nitrogens with one attached hydrogen (secondary N) is 1. The molecule has 0 aliphatic heterocycles. The molecule has 3 aromatic rings. The van der Waals surface area contributed by atoms with Crippen LogP contribution in [0.25, 0.3) is 22.3 Å². The van der Waals surface area contributed by atoms with E-state index in [1.165, 1.54) is 30.3 Å². The first-order valence-electron chi connectivity index (χ1n) is 6.03. The minimum atomic E-state index is -0.508. The number of non-ortho nitro benzene ring substituents is 1. The van der Waals surface area contributed by atoms with Crippen LogP contribution < -0.4 is 5.56 Å². The number of phenols is 1. The van der Waals surface area contributed by atoms with Gasteiger partial charge in [0.15, 0.2) is 0 Å². The Morgan fingerprint density at radius 3 is 2.52 bits per heavy atom. The molecule has 0 saturated carbocycles. The van der Waals surface area contributed by atoms with Gasteiger partial charge >= 0.3 is 0 Å². The average Bonchev–Trinajstić information content (AvgIpc) is 2.48. The number of hydrogen-bond acceptors (Lipinski definition) is 5. The van der Waals surface area contributed by atoms with Crippen LogP contribution in [0.15, 0.2) is 47.3 Å². The van der Waals surface area contributed by atoms with Crippen LogP contribution >= 0.6 is 0 Å². The monoisotopic (exact) mass is 283 g/mol. The van der Waals surface area contributed by atoms with E-state index in [1.807, 2.05) is 0 Å². The van der Waals surface area contributed by atoms with Gasteiger partial charge in [0.2, 0.25) is 0 Å². The Morgan fingerprint density at radius 2 is 1.86 bits per heavy atom. The lowest BCUT2D eigenvalue weighted by Crippen LogP contribution is -2.09. The number of hydrogen-bond donors (Lipinski definition) is 2. The number of H-pyrrole nitrogens is 1. The summed E-state index contributed by atoms with van der Waals surface area (Å²) in [5, 5.41) is 20.7.